The molecule has 2 aliphatic rings. The molecule has 4 rings (SSSR count). The van der Waals surface area contributed by atoms with Crippen LogP contribution in [0.3, 0.4) is 0 Å². The van der Waals surface area contributed by atoms with Crippen molar-refractivity contribution >= 4 is 44.8 Å². The van der Waals surface area contributed by atoms with Crippen LogP contribution in [0.5, 0.6) is 5.75 Å². The molecule has 0 saturated carbocycles. The fraction of sp³-hybridized carbons (Fsp3) is 0.476. The van der Waals surface area contributed by atoms with Gasteiger partial charge in [0.05, 0.1) is 9.13 Å². The van der Waals surface area contributed by atoms with Gasteiger partial charge in [-0.15, -0.1) is 11.3 Å². The number of hydrogen-bond acceptors (Lipinski definition) is 4. The van der Waals surface area contributed by atoms with E-state index in [0.717, 1.165) is 39.0 Å². The van der Waals surface area contributed by atoms with E-state index < -0.39 is 0 Å². The van der Waals surface area contributed by atoms with E-state index >= 15 is 0 Å². The number of phenolic OH excluding ortho intramolecular Hbond substituents is 1. The molecule has 1 aromatic heterocycles. The molecular formula is C21H25IN2O2S. The van der Waals surface area contributed by atoms with E-state index in [-0.39, 0.29) is 17.8 Å². The maximum absolute atomic E-state index is 12.9. The molecule has 2 atom stereocenters. The van der Waals surface area contributed by atoms with E-state index in [2.05, 4.69) is 54.0 Å². The number of fused-ring (bicyclic) bond motifs is 3. The Bertz CT molecular complexity index is 906. The molecule has 0 radical (unpaired) electrons. The molecule has 3 N–H and O–H groups in total. The number of anilines is 1. The minimum atomic E-state index is -0.262. The molecule has 0 bridgehead atoms. The van der Waals surface area contributed by atoms with E-state index in [1.165, 1.54) is 16.9 Å². The molecule has 1 amide bonds. The predicted octanol–water partition coefficient (Wildman–Crippen LogP) is 5.45. The second-order valence-corrected chi connectivity index (χ2v) is 10.5. The molecule has 2 aromatic rings. The molecule has 0 fully saturated rings. The Morgan fingerprint density at radius 1 is 1.33 bits per heavy atom. The van der Waals surface area contributed by atoms with Gasteiger partial charge in [-0.05, 0) is 76.4 Å². The third-order valence-corrected chi connectivity index (χ3v) is 8.41. The van der Waals surface area contributed by atoms with Crippen LogP contribution in [0, 0.1) is 14.9 Å². The van der Waals surface area contributed by atoms with Crippen molar-refractivity contribution in [3.05, 3.63) is 43.3 Å². The summed E-state index contributed by atoms with van der Waals surface area (Å²) in [5, 5.41) is 17.4. The molecule has 2 heterocycles. The zero-order valence-corrected chi connectivity index (χ0v) is 18.8. The van der Waals surface area contributed by atoms with Gasteiger partial charge < -0.3 is 15.7 Å². The summed E-state index contributed by atoms with van der Waals surface area (Å²) in [6, 6.07) is 5.44. The number of phenols is 1. The van der Waals surface area contributed by atoms with Gasteiger partial charge in [0.1, 0.15) is 16.9 Å². The number of carbonyl (C=O) groups is 1. The molecule has 144 valence electrons. The Morgan fingerprint density at radius 3 is 2.81 bits per heavy atom. The van der Waals surface area contributed by atoms with Crippen LogP contribution in [0.25, 0.3) is 0 Å². The highest BCUT2D eigenvalue weighted by Gasteiger charge is 2.37. The number of carbonyl (C=O) groups excluding carboxylic acids is 1. The van der Waals surface area contributed by atoms with Crippen molar-refractivity contribution in [1.29, 1.82) is 0 Å². The van der Waals surface area contributed by atoms with E-state index in [1.807, 2.05) is 12.1 Å². The number of nitrogens with one attached hydrogen (secondary N) is 2. The molecule has 27 heavy (non-hydrogen) atoms. The van der Waals surface area contributed by atoms with Crippen molar-refractivity contribution in [1.82, 2.24) is 5.32 Å². The van der Waals surface area contributed by atoms with Crippen molar-refractivity contribution in [3.63, 3.8) is 0 Å². The summed E-state index contributed by atoms with van der Waals surface area (Å²) in [6.45, 7) is 7.00. The lowest BCUT2D eigenvalue weighted by molar-refractivity contribution is 0.0934. The molecule has 6 heteroatoms. The number of hydrogen-bond donors (Lipinski definition) is 3. The van der Waals surface area contributed by atoms with Crippen LogP contribution in [-0.4, -0.2) is 11.0 Å². The number of thiophene rings is 1. The topological polar surface area (TPSA) is 61.4 Å². The van der Waals surface area contributed by atoms with Crippen LogP contribution >= 0.6 is 33.9 Å². The van der Waals surface area contributed by atoms with E-state index in [9.17, 15) is 9.90 Å². The Kier molecular flexibility index (Phi) is 4.91. The van der Waals surface area contributed by atoms with Gasteiger partial charge in [0.25, 0.3) is 5.91 Å². The van der Waals surface area contributed by atoms with E-state index in [4.69, 9.17) is 0 Å². The maximum atomic E-state index is 12.9. The third-order valence-electron chi connectivity index (χ3n) is 6.36. The zero-order valence-electron chi connectivity index (χ0n) is 15.9. The second kappa shape index (κ2) is 6.95. The summed E-state index contributed by atoms with van der Waals surface area (Å²) in [7, 11) is 0. The largest absolute Gasteiger partial charge is 0.507 e. The van der Waals surface area contributed by atoms with Gasteiger partial charge in [-0.2, -0.15) is 0 Å². The van der Waals surface area contributed by atoms with Crippen LogP contribution in [0.1, 0.15) is 66.1 Å². The number of aromatic hydroxyl groups is 1. The predicted molar refractivity (Wildman–Crippen MR) is 119 cm³/mol. The third kappa shape index (κ3) is 3.35. The fourth-order valence-electron chi connectivity index (χ4n) is 4.12. The molecule has 0 spiro atoms. The summed E-state index contributed by atoms with van der Waals surface area (Å²) in [6.07, 6.45) is 4.14. The van der Waals surface area contributed by atoms with Crippen LogP contribution in [0.4, 0.5) is 5.00 Å². The number of amides is 1. The average Bonchev–Trinajstić information content (AvgIpc) is 3.02. The second-order valence-electron chi connectivity index (χ2n) is 8.25. The first kappa shape index (κ1) is 19.1. The molecule has 0 saturated heterocycles. The Labute approximate surface area is 177 Å². The maximum Gasteiger partial charge on any atom is 0.256 e. The smallest absolute Gasteiger partial charge is 0.256 e. The van der Waals surface area contributed by atoms with Crippen LogP contribution < -0.4 is 10.6 Å². The van der Waals surface area contributed by atoms with E-state index in [1.54, 1.807) is 17.4 Å². The first-order chi connectivity index (χ1) is 12.8. The van der Waals surface area contributed by atoms with Crippen molar-refractivity contribution in [3.8, 4) is 5.75 Å². The van der Waals surface area contributed by atoms with Gasteiger partial charge in [0, 0.05) is 4.88 Å². The molecule has 1 aliphatic heterocycles. The summed E-state index contributed by atoms with van der Waals surface area (Å²) in [5.41, 5.74) is 3.39. The number of halogens is 1. The lowest BCUT2D eigenvalue weighted by atomic mass is 9.69. The highest BCUT2D eigenvalue weighted by atomic mass is 127. The monoisotopic (exact) mass is 496 g/mol. The van der Waals surface area contributed by atoms with Gasteiger partial charge in [-0.3, -0.25) is 4.79 Å². The SMILES string of the molecule is CCC(C)(C)[C@H]1CCc2c(sc3c2C(=O)N[C@H](c2ccc(O)c(I)c2)N3)C1. The summed E-state index contributed by atoms with van der Waals surface area (Å²) < 4.78 is 0.780. The van der Waals surface area contributed by atoms with Crippen molar-refractivity contribution in [2.75, 3.05) is 5.32 Å². The van der Waals surface area contributed by atoms with Crippen LogP contribution in [0.2, 0.25) is 0 Å². The summed E-state index contributed by atoms with van der Waals surface area (Å²) in [5.74, 6) is 0.952. The van der Waals surface area contributed by atoms with Gasteiger partial charge in [-0.25, -0.2) is 0 Å². The summed E-state index contributed by atoms with van der Waals surface area (Å²) in [4.78, 5) is 14.3. The Hall–Kier alpha value is -1.28. The van der Waals surface area contributed by atoms with Gasteiger partial charge in [0.15, 0.2) is 0 Å². The lowest BCUT2D eigenvalue weighted by Gasteiger charge is -2.36. The first-order valence-corrected chi connectivity index (χ1v) is 11.4. The molecule has 0 unspecified atom stereocenters. The highest BCUT2D eigenvalue weighted by Crippen LogP contribution is 2.47. The Balaban J connectivity index is 1.63. The average molecular weight is 496 g/mol. The van der Waals surface area contributed by atoms with Gasteiger partial charge in [-0.1, -0.05) is 33.3 Å². The minimum absolute atomic E-state index is 0.0162. The van der Waals surface area contributed by atoms with Crippen molar-refractivity contribution < 1.29 is 9.90 Å². The van der Waals surface area contributed by atoms with Crippen LogP contribution in [-0.2, 0) is 12.8 Å². The standard InChI is InChI=1S/C21H25IN2O2S/c1-4-21(2,3)12-6-7-13-16(10-12)27-20-17(13)19(26)23-18(24-20)11-5-8-15(25)14(22)9-11/h5,8-9,12,18,24-25H,4,6-7,10H2,1-3H3,(H,23,26)/t12-,18-/m0/s1. The normalized spacial score (nSPS) is 21.9. The van der Waals surface area contributed by atoms with Crippen molar-refractivity contribution in [2.24, 2.45) is 11.3 Å². The number of rotatable bonds is 3. The molecular weight excluding hydrogens is 471 g/mol. The summed E-state index contributed by atoms with van der Waals surface area (Å²) >= 11 is 3.86. The minimum Gasteiger partial charge on any atom is -0.507 e. The van der Waals surface area contributed by atoms with E-state index in [0.29, 0.717) is 11.3 Å². The quantitative estimate of drug-likeness (QED) is 0.495. The lowest BCUT2D eigenvalue weighted by Crippen LogP contribution is -2.38. The van der Waals surface area contributed by atoms with Crippen LogP contribution in [0.15, 0.2) is 18.2 Å². The molecule has 1 aliphatic carbocycles. The molecule has 4 nitrogen and oxygen atoms in total. The highest BCUT2D eigenvalue weighted by molar-refractivity contribution is 14.1. The Morgan fingerprint density at radius 2 is 2.11 bits per heavy atom. The van der Waals surface area contributed by atoms with Gasteiger partial charge >= 0.3 is 0 Å². The zero-order chi connectivity index (χ0) is 19.3. The van der Waals surface area contributed by atoms with Crippen molar-refractivity contribution in [2.45, 2.75) is 52.6 Å². The number of benzene rings is 1. The molecule has 1 aromatic carbocycles. The first-order valence-electron chi connectivity index (χ1n) is 9.50. The van der Waals surface area contributed by atoms with Gasteiger partial charge in [0.2, 0.25) is 0 Å². The fourth-order valence-corrected chi connectivity index (χ4v) is 6.02.